The van der Waals surface area contributed by atoms with Gasteiger partial charge in [0, 0.05) is 6.54 Å². The maximum Gasteiger partial charge on any atom is 0.410 e. The summed E-state index contributed by atoms with van der Waals surface area (Å²) in [6.07, 6.45) is 3.38. The SMILES string of the molecule is O=C1OC2C(I)CCCC2N1Cc1ccccc1. The summed E-state index contributed by atoms with van der Waals surface area (Å²) in [6.45, 7) is 0.671. The van der Waals surface area contributed by atoms with Crippen LogP contribution in [0.25, 0.3) is 0 Å². The number of fused-ring (bicyclic) bond motifs is 1. The van der Waals surface area contributed by atoms with Crippen LogP contribution in [0.1, 0.15) is 24.8 Å². The first-order valence-corrected chi connectivity index (χ1v) is 7.65. The van der Waals surface area contributed by atoms with Crippen LogP contribution in [0.3, 0.4) is 0 Å². The predicted octanol–water partition coefficient (Wildman–Crippen LogP) is 3.36. The highest BCUT2D eigenvalue weighted by atomic mass is 127. The van der Waals surface area contributed by atoms with Crippen molar-refractivity contribution >= 4 is 28.7 Å². The Bertz CT molecular complexity index is 437. The highest BCUT2D eigenvalue weighted by Crippen LogP contribution is 2.36. The van der Waals surface area contributed by atoms with Crippen LogP contribution in [0.15, 0.2) is 30.3 Å². The van der Waals surface area contributed by atoms with E-state index >= 15 is 0 Å². The normalized spacial score (nSPS) is 31.1. The molecule has 18 heavy (non-hydrogen) atoms. The van der Waals surface area contributed by atoms with E-state index in [1.54, 1.807) is 0 Å². The van der Waals surface area contributed by atoms with E-state index in [1.807, 2.05) is 23.1 Å². The number of hydrogen-bond donors (Lipinski definition) is 0. The molecule has 0 spiro atoms. The number of rotatable bonds is 2. The number of carbonyl (C=O) groups is 1. The number of ether oxygens (including phenoxy) is 1. The van der Waals surface area contributed by atoms with E-state index in [0.29, 0.717) is 10.5 Å². The number of halogens is 1. The second kappa shape index (κ2) is 5.07. The fourth-order valence-corrected chi connectivity index (χ4v) is 3.93. The average molecular weight is 357 g/mol. The van der Waals surface area contributed by atoms with Crippen molar-refractivity contribution in [2.75, 3.05) is 0 Å². The molecule has 1 saturated heterocycles. The molecule has 3 atom stereocenters. The molecule has 1 aliphatic heterocycles. The molecule has 3 rings (SSSR count). The molecule has 1 amide bonds. The van der Waals surface area contributed by atoms with Crippen molar-refractivity contribution in [2.24, 2.45) is 0 Å². The van der Waals surface area contributed by atoms with Gasteiger partial charge in [-0.1, -0.05) is 59.3 Å². The summed E-state index contributed by atoms with van der Waals surface area (Å²) in [5.74, 6) is 0. The van der Waals surface area contributed by atoms with Gasteiger partial charge in [-0.2, -0.15) is 0 Å². The summed E-state index contributed by atoms with van der Waals surface area (Å²) in [4.78, 5) is 13.9. The molecule has 1 saturated carbocycles. The second-order valence-corrected chi connectivity index (χ2v) is 6.58. The maximum atomic E-state index is 12.0. The predicted molar refractivity (Wildman–Crippen MR) is 77.7 cm³/mol. The van der Waals surface area contributed by atoms with Crippen LogP contribution in [-0.2, 0) is 11.3 Å². The Kier molecular flexibility index (Phi) is 3.46. The Balaban J connectivity index is 1.77. The molecule has 1 aliphatic carbocycles. The highest BCUT2D eigenvalue weighted by Gasteiger charge is 2.46. The average Bonchev–Trinajstić information content (AvgIpc) is 2.70. The molecule has 3 nitrogen and oxygen atoms in total. The topological polar surface area (TPSA) is 29.5 Å². The summed E-state index contributed by atoms with van der Waals surface area (Å²) in [5.41, 5.74) is 1.17. The molecule has 0 bridgehead atoms. The second-order valence-electron chi connectivity index (χ2n) is 4.98. The van der Waals surface area contributed by atoms with Crippen LogP contribution >= 0.6 is 22.6 Å². The molecular weight excluding hydrogens is 341 g/mol. The first-order valence-electron chi connectivity index (χ1n) is 6.41. The van der Waals surface area contributed by atoms with E-state index < -0.39 is 0 Å². The van der Waals surface area contributed by atoms with Gasteiger partial charge in [0.15, 0.2) is 0 Å². The van der Waals surface area contributed by atoms with Gasteiger partial charge in [0.1, 0.15) is 6.10 Å². The minimum Gasteiger partial charge on any atom is -0.443 e. The number of carbonyl (C=O) groups excluding carboxylic acids is 1. The number of benzene rings is 1. The van der Waals surface area contributed by atoms with Gasteiger partial charge in [0.2, 0.25) is 0 Å². The number of amides is 1. The number of alkyl halides is 1. The minimum atomic E-state index is -0.141. The molecule has 0 N–H and O–H groups in total. The van der Waals surface area contributed by atoms with Gasteiger partial charge in [0.25, 0.3) is 0 Å². The van der Waals surface area contributed by atoms with Crippen molar-refractivity contribution in [1.82, 2.24) is 4.90 Å². The standard InChI is InChI=1S/C14H16INO2/c15-11-7-4-8-12-13(11)18-14(17)16(12)9-10-5-2-1-3-6-10/h1-3,5-6,11-13H,4,7-9H2. The molecule has 1 aromatic carbocycles. The van der Waals surface area contributed by atoms with Gasteiger partial charge in [-0.25, -0.2) is 4.79 Å². The lowest BCUT2D eigenvalue weighted by atomic mass is 9.92. The van der Waals surface area contributed by atoms with Crippen molar-refractivity contribution in [3.8, 4) is 0 Å². The lowest BCUT2D eigenvalue weighted by molar-refractivity contribution is 0.121. The maximum absolute atomic E-state index is 12.0. The summed E-state index contributed by atoms with van der Waals surface area (Å²) >= 11 is 2.42. The fourth-order valence-electron chi connectivity index (χ4n) is 2.86. The van der Waals surface area contributed by atoms with Crippen molar-refractivity contribution in [1.29, 1.82) is 0 Å². The Morgan fingerprint density at radius 1 is 1.28 bits per heavy atom. The van der Waals surface area contributed by atoms with Crippen molar-refractivity contribution in [3.63, 3.8) is 0 Å². The highest BCUT2D eigenvalue weighted by molar-refractivity contribution is 14.1. The van der Waals surface area contributed by atoms with Gasteiger partial charge in [0.05, 0.1) is 9.97 Å². The first-order chi connectivity index (χ1) is 8.75. The van der Waals surface area contributed by atoms with Crippen LogP contribution in [-0.4, -0.2) is 27.1 Å². The third-order valence-corrected chi connectivity index (χ3v) is 5.11. The smallest absolute Gasteiger partial charge is 0.410 e. The third kappa shape index (κ3) is 2.22. The zero-order valence-corrected chi connectivity index (χ0v) is 12.2. The third-order valence-electron chi connectivity index (χ3n) is 3.78. The molecule has 1 heterocycles. The number of nitrogens with zero attached hydrogens (tertiary/aromatic N) is 1. The Hall–Kier alpha value is -0.780. The van der Waals surface area contributed by atoms with E-state index in [4.69, 9.17) is 4.74 Å². The zero-order chi connectivity index (χ0) is 12.5. The Morgan fingerprint density at radius 2 is 2.06 bits per heavy atom. The Morgan fingerprint density at radius 3 is 2.83 bits per heavy atom. The largest absolute Gasteiger partial charge is 0.443 e. The summed E-state index contributed by atoms with van der Waals surface area (Å²) < 4.78 is 6.01. The van der Waals surface area contributed by atoms with Crippen molar-refractivity contribution < 1.29 is 9.53 Å². The molecule has 0 aromatic heterocycles. The van der Waals surface area contributed by atoms with E-state index in [0.717, 1.165) is 12.8 Å². The van der Waals surface area contributed by atoms with Crippen molar-refractivity contribution in [2.45, 2.75) is 41.9 Å². The number of hydrogen-bond acceptors (Lipinski definition) is 2. The van der Waals surface area contributed by atoms with E-state index in [-0.39, 0.29) is 18.2 Å². The summed E-state index contributed by atoms with van der Waals surface area (Å²) in [7, 11) is 0. The monoisotopic (exact) mass is 357 g/mol. The van der Waals surface area contributed by atoms with E-state index in [2.05, 4.69) is 34.7 Å². The van der Waals surface area contributed by atoms with E-state index in [1.165, 1.54) is 12.0 Å². The van der Waals surface area contributed by atoms with Crippen molar-refractivity contribution in [3.05, 3.63) is 35.9 Å². The van der Waals surface area contributed by atoms with Crippen LogP contribution in [0.5, 0.6) is 0 Å². The molecule has 0 radical (unpaired) electrons. The zero-order valence-electron chi connectivity index (χ0n) is 10.1. The summed E-state index contributed by atoms with van der Waals surface area (Å²) in [5, 5.41) is 0. The van der Waals surface area contributed by atoms with Crippen LogP contribution < -0.4 is 0 Å². The Labute approximate surface area is 121 Å². The first kappa shape index (κ1) is 12.3. The van der Waals surface area contributed by atoms with Crippen LogP contribution in [0.4, 0.5) is 4.79 Å². The molecule has 1 aromatic rings. The van der Waals surface area contributed by atoms with E-state index in [9.17, 15) is 4.79 Å². The van der Waals surface area contributed by atoms with Crippen LogP contribution in [0.2, 0.25) is 0 Å². The van der Waals surface area contributed by atoms with Gasteiger partial charge >= 0.3 is 6.09 Å². The fraction of sp³-hybridized carbons (Fsp3) is 0.500. The lowest BCUT2D eigenvalue weighted by Gasteiger charge is -2.31. The minimum absolute atomic E-state index is 0.0931. The van der Waals surface area contributed by atoms with Crippen LogP contribution in [0, 0.1) is 0 Å². The lowest BCUT2D eigenvalue weighted by Crippen LogP contribution is -2.42. The molecule has 4 heteroatoms. The molecule has 2 fully saturated rings. The molecular formula is C14H16INO2. The van der Waals surface area contributed by atoms with Gasteiger partial charge in [-0.3, -0.25) is 4.90 Å². The molecule has 3 unspecified atom stereocenters. The quantitative estimate of drug-likeness (QED) is 0.600. The van der Waals surface area contributed by atoms with Gasteiger partial charge in [-0.15, -0.1) is 0 Å². The van der Waals surface area contributed by atoms with Gasteiger partial charge < -0.3 is 4.74 Å². The molecule has 96 valence electrons. The van der Waals surface area contributed by atoms with Gasteiger partial charge in [-0.05, 0) is 18.4 Å². The summed E-state index contributed by atoms with van der Waals surface area (Å²) in [6, 6.07) is 10.4. The molecule has 2 aliphatic rings.